The fourth-order valence-corrected chi connectivity index (χ4v) is 3.18. The third-order valence-corrected chi connectivity index (χ3v) is 4.74. The minimum absolute atomic E-state index is 0.0413. The van der Waals surface area contributed by atoms with Crippen molar-refractivity contribution in [2.75, 3.05) is 7.11 Å². The molecule has 1 aliphatic rings. The van der Waals surface area contributed by atoms with Crippen LogP contribution >= 0.6 is 0 Å². The van der Waals surface area contributed by atoms with Crippen LogP contribution in [-0.4, -0.2) is 42.9 Å². The van der Waals surface area contributed by atoms with E-state index in [1.54, 1.807) is 52.1 Å². The molecule has 172 valence electrons. The van der Waals surface area contributed by atoms with E-state index >= 15 is 0 Å². The zero-order valence-corrected chi connectivity index (χ0v) is 18.8. The summed E-state index contributed by atoms with van der Waals surface area (Å²) < 4.78 is 21.1. The fourth-order valence-electron chi connectivity index (χ4n) is 3.18. The van der Waals surface area contributed by atoms with E-state index in [-0.39, 0.29) is 19.1 Å². The molecule has 1 aromatic carbocycles. The second-order valence-electron chi connectivity index (χ2n) is 8.61. The molecule has 0 radical (unpaired) electrons. The number of hydrogen-bond donors (Lipinski definition) is 1. The molecule has 0 heterocycles. The molecular formula is C23H33NO7. The molecule has 8 heteroatoms. The Morgan fingerprint density at radius 2 is 1.71 bits per heavy atom. The number of methoxy groups -OCH3 is 1. The highest BCUT2D eigenvalue weighted by Gasteiger charge is 2.30. The fraction of sp³-hybridized carbons (Fsp3) is 0.609. The van der Waals surface area contributed by atoms with Crippen LogP contribution in [0.4, 0.5) is 4.79 Å². The highest BCUT2D eigenvalue weighted by atomic mass is 16.6. The summed E-state index contributed by atoms with van der Waals surface area (Å²) in [6.07, 6.45) is 3.34. The number of nitrogens with one attached hydrogen (secondary N) is 1. The lowest BCUT2D eigenvalue weighted by Crippen LogP contribution is -2.46. The average Bonchev–Trinajstić information content (AvgIpc) is 2.71. The van der Waals surface area contributed by atoms with Gasteiger partial charge in [-0.05, 0) is 64.2 Å². The maximum Gasteiger partial charge on any atom is 0.408 e. The van der Waals surface area contributed by atoms with Crippen LogP contribution in [0.5, 0.6) is 5.75 Å². The summed E-state index contributed by atoms with van der Waals surface area (Å²) in [6.45, 7) is 5.18. The SMILES string of the molecule is COc1ccc(COC(=O)C[C@@H](NC(=O)OC(C)(C)C)C(=O)OC2CCCCC2)cc1. The van der Waals surface area contributed by atoms with Crippen LogP contribution in [0.1, 0.15) is 64.9 Å². The number of alkyl carbamates (subject to hydrolysis) is 1. The van der Waals surface area contributed by atoms with Gasteiger partial charge in [-0.15, -0.1) is 0 Å². The van der Waals surface area contributed by atoms with Crippen LogP contribution in [0, 0.1) is 0 Å². The molecule has 0 aliphatic heterocycles. The zero-order chi connectivity index (χ0) is 22.9. The number of rotatable bonds is 8. The Hall–Kier alpha value is -2.77. The van der Waals surface area contributed by atoms with Crippen molar-refractivity contribution >= 4 is 18.0 Å². The first-order valence-electron chi connectivity index (χ1n) is 10.6. The summed E-state index contributed by atoms with van der Waals surface area (Å²) in [4.78, 5) is 37.2. The second-order valence-corrected chi connectivity index (χ2v) is 8.61. The highest BCUT2D eigenvalue weighted by molar-refractivity contribution is 5.86. The Balaban J connectivity index is 1.95. The van der Waals surface area contributed by atoms with Gasteiger partial charge in [0.2, 0.25) is 0 Å². The topological polar surface area (TPSA) is 100 Å². The van der Waals surface area contributed by atoms with Crippen molar-refractivity contribution in [3.63, 3.8) is 0 Å². The third kappa shape index (κ3) is 9.27. The lowest BCUT2D eigenvalue weighted by molar-refractivity contribution is -0.157. The molecule has 31 heavy (non-hydrogen) atoms. The van der Waals surface area contributed by atoms with Gasteiger partial charge in [-0.1, -0.05) is 18.6 Å². The third-order valence-electron chi connectivity index (χ3n) is 4.74. The second kappa shape index (κ2) is 11.6. The number of carbonyl (C=O) groups excluding carboxylic acids is 3. The lowest BCUT2D eigenvalue weighted by Gasteiger charge is -2.26. The summed E-state index contributed by atoms with van der Waals surface area (Å²) in [5.74, 6) is -0.584. The van der Waals surface area contributed by atoms with Gasteiger partial charge in [0.05, 0.1) is 13.5 Å². The predicted octanol–water partition coefficient (Wildman–Crippen LogP) is 3.90. The van der Waals surface area contributed by atoms with Crippen LogP contribution < -0.4 is 10.1 Å². The molecule has 1 saturated carbocycles. The first kappa shape index (κ1) is 24.5. The molecule has 1 N–H and O–H groups in total. The molecule has 0 unspecified atom stereocenters. The molecule has 1 aromatic rings. The van der Waals surface area contributed by atoms with Gasteiger partial charge in [0, 0.05) is 0 Å². The predicted molar refractivity (Wildman–Crippen MR) is 114 cm³/mol. The number of benzene rings is 1. The summed E-state index contributed by atoms with van der Waals surface area (Å²) in [6, 6.07) is 5.90. The molecule has 1 atom stereocenters. The van der Waals surface area contributed by atoms with Gasteiger partial charge in [0.25, 0.3) is 0 Å². The van der Waals surface area contributed by atoms with Gasteiger partial charge in [0.15, 0.2) is 0 Å². The van der Waals surface area contributed by atoms with Crippen molar-refractivity contribution in [2.24, 2.45) is 0 Å². The largest absolute Gasteiger partial charge is 0.497 e. The van der Waals surface area contributed by atoms with E-state index in [0.717, 1.165) is 37.7 Å². The quantitative estimate of drug-likeness (QED) is 0.488. The standard InChI is InChI=1S/C23H33NO7/c1-23(2,3)31-22(27)24-19(21(26)30-18-8-6-5-7-9-18)14-20(25)29-15-16-10-12-17(28-4)13-11-16/h10-13,18-19H,5-9,14-15H2,1-4H3,(H,24,27)/t19-/m1/s1. The Morgan fingerprint density at radius 3 is 2.29 bits per heavy atom. The Morgan fingerprint density at radius 1 is 1.06 bits per heavy atom. The molecular weight excluding hydrogens is 402 g/mol. The number of ether oxygens (including phenoxy) is 4. The van der Waals surface area contributed by atoms with Gasteiger partial charge in [-0.25, -0.2) is 9.59 Å². The lowest BCUT2D eigenvalue weighted by atomic mass is 9.98. The molecule has 0 saturated heterocycles. The summed E-state index contributed by atoms with van der Waals surface area (Å²) in [7, 11) is 1.57. The molecule has 1 amide bonds. The Bertz CT molecular complexity index is 733. The van der Waals surface area contributed by atoms with E-state index in [1.165, 1.54) is 0 Å². The van der Waals surface area contributed by atoms with Gasteiger partial charge >= 0.3 is 18.0 Å². The van der Waals surface area contributed by atoms with Crippen LogP contribution in [-0.2, 0) is 30.4 Å². The maximum absolute atomic E-state index is 12.7. The molecule has 1 aliphatic carbocycles. The molecule has 8 nitrogen and oxygen atoms in total. The average molecular weight is 436 g/mol. The number of amides is 1. The minimum atomic E-state index is -1.18. The molecule has 1 fully saturated rings. The van der Waals surface area contributed by atoms with Crippen molar-refractivity contribution in [2.45, 2.75) is 83.6 Å². The van der Waals surface area contributed by atoms with E-state index in [0.29, 0.717) is 5.75 Å². The van der Waals surface area contributed by atoms with Crippen LogP contribution in [0.25, 0.3) is 0 Å². The first-order valence-corrected chi connectivity index (χ1v) is 10.6. The summed E-state index contributed by atoms with van der Waals surface area (Å²) in [5, 5.41) is 2.45. The maximum atomic E-state index is 12.7. The van der Waals surface area contributed by atoms with E-state index in [1.807, 2.05) is 0 Å². The smallest absolute Gasteiger partial charge is 0.408 e. The van der Waals surface area contributed by atoms with Crippen molar-refractivity contribution in [3.8, 4) is 5.75 Å². The highest BCUT2D eigenvalue weighted by Crippen LogP contribution is 2.21. The number of esters is 2. The molecule has 0 bridgehead atoms. The van der Waals surface area contributed by atoms with Crippen LogP contribution in [0.2, 0.25) is 0 Å². The normalized spacial score (nSPS) is 15.5. The molecule has 2 rings (SSSR count). The molecule has 0 aromatic heterocycles. The van der Waals surface area contributed by atoms with Gasteiger partial charge < -0.3 is 24.3 Å². The zero-order valence-electron chi connectivity index (χ0n) is 18.8. The van der Waals surface area contributed by atoms with Crippen LogP contribution in [0.3, 0.4) is 0 Å². The Kier molecular flexibility index (Phi) is 9.15. The first-order chi connectivity index (χ1) is 14.7. The van der Waals surface area contributed by atoms with E-state index < -0.39 is 29.7 Å². The monoisotopic (exact) mass is 435 g/mol. The number of hydrogen-bond acceptors (Lipinski definition) is 7. The van der Waals surface area contributed by atoms with E-state index in [9.17, 15) is 14.4 Å². The van der Waals surface area contributed by atoms with Crippen molar-refractivity contribution < 1.29 is 33.3 Å². The van der Waals surface area contributed by atoms with Crippen molar-refractivity contribution in [3.05, 3.63) is 29.8 Å². The summed E-state index contributed by atoms with van der Waals surface area (Å²) >= 11 is 0. The summed E-state index contributed by atoms with van der Waals surface area (Å²) in [5.41, 5.74) is 0.0344. The minimum Gasteiger partial charge on any atom is -0.497 e. The van der Waals surface area contributed by atoms with Gasteiger partial charge in [0.1, 0.15) is 30.1 Å². The van der Waals surface area contributed by atoms with Crippen molar-refractivity contribution in [1.29, 1.82) is 0 Å². The van der Waals surface area contributed by atoms with Gasteiger partial charge in [-0.3, -0.25) is 4.79 Å². The van der Waals surface area contributed by atoms with E-state index in [2.05, 4.69) is 5.32 Å². The van der Waals surface area contributed by atoms with Crippen LogP contribution in [0.15, 0.2) is 24.3 Å². The van der Waals surface area contributed by atoms with Gasteiger partial charge in [-0.2, -0.15) is 0 Å². The van der Waals surface area contributed by atoms with Crippen molar-refractivity contribution in [1.82, 2.24) is 5.32 Å². The number of carbonyl (C=O) groups is 3. The Labute approximate surface area is 183 Å². The van der Waals surface area contributed by atoms with E-state index in [4.69, 9.17) is 18.9 Å². The molecule has 0 spiro atoms.